The number of rotatable bonds is 4. The molecule has 1 heterocycles. The van der Waals surface area contributed by atoms with Crippen molar-refractivity contribution in [1.82, 2.24) is 9.99 Å². The second kappa shape index (κ2) is 10.3. The van der Waals surface area contributed by atoms with E-state index in [0.29, 0.717) is 24.9 Å². The molecule has 0 spiro atoms. The van der Waals surface area contributed by atoms with Gasteiger partial charge in [0, 0.05) is 19.3 Å². The van der Waals surface area contributed by atoms with Crippen LogP contribution in [-0.4, -0.2) is 52.5 Å². The summed E-state index contributed by atoms with van der Waals surface area (Å²) in [4.78, 5) is 8.47. The van der Waals surface area contributed by atoms with E-state index in [1.54, 1.807) is 12.3 Å². The molecule has 0 aliphatic rings. The highest BCUT2D eigenvalue weighted by molar-refractivity contribution is 7.79. The molecule has 0 fully saturated rings. The molecule has 136 valence electrons. The monoisotopic (exact) mass is 362 g/mol. The van der Waals surface area contributed by atoms with E-state index in [-0.39, 0.29) is 5.96 Å². The molecule has 0 aliphatic carbocycles. The van der Waals surface area contributed by atoms with E-state index in [9.17, 15) is 0 Å². The van der Waals surface area contributed by atoms with Crippen molar-refractivity contribution in [3.63, 3.8) is 0 Å². The molecule has 0 unspecified atom stereocenters. The van der Waals surface area contributed by atoms with Gasteiger partial charge in [0.15, 0.2) is 0 Å². The van der Waals surface area contributed by atoms with Gasteiger partial charge in [-0.3, -0.25) is 14.1 Å². The van der Waals surface area contributed by atoms with Gasteiger partial charge in [-0.25, -0.2) is 20.8 Å². The highest BCUT2D eigenvalue weighted by atomic mass is 32.3. The average Bonchev–Trinajstić information content (AvgIpc) is 2.49. The predicted molar refractivity (Wildman–Crippen MR) is 91.2 cm³/mol. The van der Waals surface area contributed by atoms with E-state index in [1.807, 2.05) is 26.0 Å². The van der Waals surface area contributed by atoms with Gasteiger partial charge in [0.1, 0.15) is 5.82 Å². The lowest BCUT2D eigenvalue weighted by atomic mass is 10.4. The van der Waals surface area contributed by atoms with Gasteiger partial charge in [-0.05, 0) is 26.0 Å². The smallest absolute Gasteiger partial charge is 0.369 e. The SMILES string of the molecule is CCN=C(N(CC)N=C(N)N)N(N)c1ccccn1.O=S(=O)(O)O. The lowest BCUT2D eigenvalue weighted by Gasteiger charge is -2.26. The van der Waals surface area contributed by atoms with Crippen molar-refractivity contribution in [2.45, 2.75) is 13.8 Å². The molecule has 0 radical (unpaired) electrons. The lowest BCUT2D eigenvalue weighted by molar-refractivity contribution is 0.381. The largest absolute Gasteiger partial charge is 0.394 e. The van der Waals surface area contributed by atoms with Crippen molar-refractivity contribution in [3.05, 3.63) is 24.4 Å². The van der Waals surface area contributed by atoms with E-state index in [4.69, 9.17) is 34.8 Å². The Morgan fingerprint density at radius 3 is 2.25 bits per heavy atom. The van der Waals surface area contributed by atoms with Crippen LogP contribution in [0.1, 0.15) is 13.8 Å². The van der Waals surface area contributed by atoms with Crippen molar-refractivity contribution in [1.29, 1.82) is 0 Å². The topological polar surface area (TPSA) is 197 Å². The van der Waals surface area contributed by atoms with Crippen LogP contribution >= 0.6 is 0 Å². The van der Waals surface area contributed by atoms with Crippen LogP contribution in [0.3, 0.4) is 0 Å². The highest BCUT2D eigenvalue weighted by Gasteiger charge is 2.17. The van der Waals surface area contributed by atoms with Crippen LogP contribution in [0.15, 0.2) is 34.5 Å². The fourth-order valence-electron chi connectivity index (χ4n) is 1.42. The van der Waals surface area contributed by atoms with Crippen molar-refractivity contribution >= 4 is 28.1 Å². The van der Waals surface area contributed by atoms with Crippen LogP contribution in [-0.2, 0) is 10.4 Å². The number of aliphatic imine (C=N–C) groups is 1. The maximum absolute atomic E-state index is 8.74. The first kappa shape index (κ1) is 21.5. The minimum atomic E-state index is -4.67. The summed E-state index contributed by atoms with van der Waals surface area (Å²) in [6.45, 7) is 4.86. The van der Waals surface area contributed by atoms with Crippen molar-refractivity contribution < 1.29 is 17.5 Å². The fraction of sp³-hybridized carbons (Fsp3) is 0.364. The quantitative estimate of drug-likeness (QED) is 0.145. The zero-order chi connectivity index (χ0) is 18.8. The Morgan fingerprint density at radius 2 is 1.88 bits per heavy atom. The summed E-state index contributed by atoms with van der Waals surface area (Å²) < 4.78 is 31.6. The number of hydrazone groups is 1. The third kappa shape index (κ3) is 9.52. The molecule has 1 aromatic heterocycles. The molecule has 0 atom stereocenters. The lowest BCUT2D eigenvalue weighted by Crippen LogP contribution is -2.48. The van der Waals surface area contributed by atoms with Crippen LogP contribution in [0, 0.1) is 0 Å². The number of anilines is 1. The van der Waals surface area contributed by atoms with Gasteiger partial charge in [0.05, 0.1) is 0 Å². The van der Waals surface area contributed by atoms with Gasteiger partial charge in [0.2, 0.25) is 11.9 Å². The second-order valence-corrected chi connectivity index (χ2v) is 4.92. The first-order chi connectivity index (χ1) is 11.1. The summed E-state index contributed by atoms with van der Waals surface area (Å²) >= 11 is 0. The molecule has 1 aromatic rings. The number of hydrogen-bond acceptors (Lipinski definition) is 6. The first-order valence-electron chi connectivity index (χ1n) is 6.67. The number of nitrogens with zero attached hydrogens (tertiary/aromatic N) is 5. The Labute approximate surface area is 140 Å². The van der Waals surface area contributed by atoms with E-state index in [0.717, 1.165) is 0 Å². The highest BCUT2D eigenvalue weighted by Crippen LogP contribution is 2.08. The summed E-state index contributed by atoms with van der Waals surface area (Å²) in [6.07, 6.45) is 1.65. The Balaban J connectivity index is 0.000000922. The molecular weight excluding hydrogens is 340 g/mol. The van der Waals surface area contributed by atoms with Crippen LogP contribution in [0.2, 0.25) is 0 Å². The Bertz CT molecular complexity index is 637. The molecule has 1 rings (SSSR count). The number of hydrogen-bond donors (Lipinski definition) is 5. The third-order valence-corrected chi connectivity index (χ3v) is 2.18. The summed E-state index contributed by atoms with van der Waals surface area (Å²) in [5.74, 6) is 6.95. The average molecular weight is 362 g/mol. The Hall–Kier alpha value is -2.48. The molecule has 0 aliphatic heterocycles. The molecule has 0 aromatic carbocycles. The number of pyridine rings is 1. The molecule has 0 amide bonds. The third-order valence-electron chi connectivity index (χ3n) is 2.18. The summed E-state index contributed by atoms with van der Waals surface area (Å²) in [7, 11) is -4.67. The Kier molecular flexibility index (Phi) is 9.26. The maximum Gasteiger partial charge on any atom is 0.394 e. The van der Waals surface area contributed by atoms with Crippen LogP contribution in [0.4, 0.5) is 5.82 Å². The molecule has 0 saturated heterocycles. The van der Waals surface area contributed by atoms with E-state index < -0.39 is 10.4 Å². The minimum Gasteiger partial charge on any atom is -0.369 e. The normalized spacial score (nSPS) is 11.1. The first-order valence-corrected chi connectivity index (χ1v) is 8.07. The molecule has 24 heavy (non-hydrogen) atoms. The van der Waals surface area contributed by atoms with Gasteiger partial charge in [-0.2, -0.15) is 8.42 Å². The molecular formula is C11H22N8O4S. The van der Waals surface area contributed by atoms with Crippen molar-refractivity contribution in [2.75, 3.05) is 18.1 Å². The van der Waals surface area contributed by atoms with E-state index >= 15 is 0 Å². The standard InChI is InChI=1S/C11H20N8.H2O4S/c1-3-15-11(18(4-2)17-10(12)13)19(14)9-7-5-6-8-16-9;1-5(2,3)4/h5-8H,3-4,14H2,1-2H3,(H4,12,13,17);(H2,1,2,3,4). The fourth-order valence-corrected chi connectivity index (χ4v) is 1.42. The van der Waals surface area contributed by atoms with Crippen LogP contribution < -0.4 is 22.3 Å². The van der Waals surface area contributed by atoms with Crippen LogP contribution in [0.25, 0.3) is 0 Å². The van der Waals surface area contributed by atoms with Gasteiger partial charge in [0.25, 0.3) is 0 Å². The van der Waals surface area contributed by atoms with Crippen LogP contribution in [0.5, 0.6) is 0 Å². The molecule has 0 saturated carbocycles. The second-order valence-electron chi connectivity index (χ2n) is 4.02. The molecule has 13 heteroatoms. The molecule has 12 nitrogen and oxygen atoms in total. The predicted octanol–water partition coefficient (Wildman–Crippen LogP) is -1.00. The summed E-state index contributed by atoms with van der Waals surface area (Å²) in [5, 5.41) is 6.85. The van der Waals surface area contributed by atoms with Crippen molar-refractivity contribution in [2.24, 2.45) is 27.4 Å². The zero-order valence-corrected chi connectivity index (χ0v) is 14.1. The minimum absolute atomic E-state index is 0.0555. The van der Waals surface area contributed by atoms with Gasteiger partial charge < -0.3 is 11.5 Å². The number of guanidine groups is 2. The van der Waals surface area contributed by atoms with Gasteiger partial charge >= 0.3 is 10.4 Å². The van der Waals surface area contributed by atoms with Crippen molar-refractivity contribution in [3.8, 4) is 0 Å². The summed E-state index contributed by atoms with van der Waals surface area (Å²) in [6, 6.07) is 5.42. The number of hydrazine groups is 1. The summed E-state index contributed by atoms with van der Waals surface area (Å²) in [5.41, 5.74) is 10.8. The number of aromatic nitrogens is 1. The Morgan fingerprint density at radius 1 is 1.29 bits per heavy atom. The maximum atomic E-state index is 8.74. The molecule has 8 N–H and O–H groups in total. The molecule has 0 bridgehead atoms. The number of nitrogens with two attached hydrogens (primary N) is 3. The van der Waals surface area contributed by atoms with E-state index in [2.05, 4.69) is 15.1 Å². The van der Waals surface area contributed by atoms with Gasteiger partial charge in [-0.15, -0.1) is 5.10 Å². The zero-order valence-electron chi connectivity index (χ0n) is 13.3. The van der Waals surface area contributed by atoms with E-state index in [1.165, 1.54) is 10.0 Å². The van der Waals surface area contributed by atoms with Gasteiger partial charge in [-0.1, -0.05) is 6.07 Å².